The molecule has 11 rings (SSSR count). The third kappa shape index (κ3) is 7.90. The molecule has 6 atom stereocenters. The van der Waals surface area contributed by atoms with Crippen LogP contribution in [0, 0.1) is 17.8 Å². The van der Waals surface area contributed by atoms with Crippen molar-refractivity contribution in [1.82, 2.24) is 14.7 Å². The maximum Gasteiger partial charge on any atom is 0.324 e. The minimum Gasteiger partial charge on any atom is -0.497 e. The van der Waals surface area contributed by atoms with E-state index in [2.05, 4.69) is 27.0 Å². The van der Waals surface area contributed by atoms with Crippen LogP contribution in [0.3, 0.4) is 0 Å². The van der Waals surface area contributed by atoms with E-state index in [4.69, 9.17) is 23.7 Å². The van der Waals surface area contributed by atoms with E-state index in [0.29, 0.717) is 72.4 Å². The number of hydrogen-bond acceptors (Lipinski definition) is 11. The van der Waals surface area contributed by atoms with Crippen molar-refractivity contribution in [2.24, 2.45) is 5.92 Å². The molecule has 5 aliphatic rings. The van der Waals surface area contributed by atoms with Crippen LogP contribution in [0.5, 0.6) is 23.0 Å². The van der Waals surface area contributed by atoms with E-state index in [0.717, 1.165) is 28.0 Å². The van der Waals surface area contributed by atoms with Gasteiger partial charge in [0, 0.05) is 49.5 Å². The second kappa shape index (κ2) is 18.5. The number of anilines is 1. The predicted octanol–water partition coefficient (Wildman–Crippen LogP) is 6.81. The molecule has 13 heteroatoms. The molecule has 5 heterocycles. The fraction of sp³-hybridized carbons (Fsp3) is 0.268. The Kier molecular flexibility index (Phi) is 11.7. The van der Waals surface area contributed by atoms with Gasteiger partial charge >= 0.3 is 5.97 Å². The molecule has 1 spiro atoms. The number of carbonyl (C=O) groups is 3. The molecule has 2 amide bonds. The van der Waals surface area contributed by atoms with Gasteiger partial charge in [0.25, 0.3) is 0 Å². The zero-order valence-electron chi connectivity index (χ0n) is 38.0. The maximum atomic E-state index is 16.1. The van der Waals surface area contributed by atoms with E-state index in [1.54, 1.807) is 19.2 Å². The van der Waals surface area contributed by atoms with Crippen LogP contribution in [0.1, 0.15) is 57.1 Å². The molecular formula is C56H50N4O9. The molecule has 3 saturated heterocycles. The van der Waals surface area contributed by atoms with Crippen molar-refractivity contribution in [3.05, 3.63) is 185 Å². The molecule has 0 aromatic heterocycles. The Bertz CT molecular complexity index is 2950. The van der Waals surface area contributed by atoms with Gasteiger partial charge in [0.1, 0.15) is 35.7 Å². The molecule has 6 aromatic rings. The molecule has 348 valence electrons. The largest absolute Gasteiger partial charge is 0.497 e. The number of fused-ring (bicyclic) bond motifs is 4. The summed E-state index contributed by atoms with van der Waals surface area (Å²) < 4.78 is 29.0. The van der Waals surface area contributed by atoms with E-state index in [1.807, 2.05) is 138 Å². The summed E-state index contributed by atoms with van der Waals surface area (Å²) in [5.41, 5.74) is 4.23. The number of hydrogen-bond donors (Lipinski definition) is 2. The minimum absolute atomic E-state index is 0.0955. The highest BCUT2D eigenvalue weighted by atomic mass is 16.7. The lowest BCUT2D eigenvalue weighted by Gasteiger charge is -2.46. The van der Waals surface area contributed by atoms with E-state index in [1.165, 1.54) is 0 Å². The van der Waals surface area contributed by atoms with Crippen LogP contribution in [0.2, 0.25) is 0 Å². The predicted molar refractivity (Wildman–Crippen MR) is 255 cm³/mol. The van der Waals surface area contributed by atoms with Crippen LogP contribution in [0.15, 0.2) is 146 Å². The Hall–Kier alpha value is -7.63. The number of methoxy groups -OCH3 is 1. The van der Waals surface area contributed by atoms with Crippen molar-refractivity contribution in [3.63, 3.8) is 0 Å². The number of carbonyl (C=O) groups excluding carboxylic acids is 3. The summed E-state index contributed by atoms with van der Waals surface area (Å²) in [6.07, 6.45) is -0.803. The van der Waals surface area contributed by atoms with Gasteiger partial charge in [0.2, 0.25) is 18.6 Å². The topological polar surface area (TPSA) is 139 Å². The van der Waals surface area contributed by atoms with E-state index in [9.17, 15) is 5.11 Å². The Balaban J connectivity index is 1.07. The van der Waals surface area contributed by atoms with Gasteiger partial charge in [-0.05, 0) is 94.5 Å². The van der Waals surface area contributed by atoms with Crippen LogP contribution < -0.4 is 24.3 Å². The van der Waals surface area contributed by atoms with Crippen molar-refractivity contribution in [2.75, 3.05) is 58.6 Å². The van der Waals surface area contributed by atoms with Crippen molar-refractivity contribution in [1.29, 1.82) is 0 Å². The molecule has 0 unspecified atom stereocenters. The number of esters is 1. The molecule has 0 aliphatic carbocycles. The molecule has 0 bridgehead atoms. The molecule has 6 aromatic carbocycles. The molecule has 69 heavy (non-hydrogen) atoms. The van der Waals surface area contributed by atoms with Gasteiger partial charge < -0.3 is 39.0 Å². The summed E-state index contributed by atoms with van der Waals surface area (Å²) in [4.78, 5) is 53.5. The number of aliphatic hydroxyl groups excluding tert-OH is 1. The Morgan fingerprint density at radius 2 is 1.42 bits per heavy atom. The van der Waals surface area contributed by atoms with Gasteiger partial charge in [-0.15, -0.1) is 0 Å². The Labute approximate surface area is 400 Å². The number of nitrogens with zero attached hydrogens (tertiary/aromatic N) is 3. The van der Waals surface area contributed by atoms with E-state index in [-0.39, 0.29) is 25.9 Å². The number of morpholine rings is 1. The number of amides is 2. The number of rotatable bonds is 10. The monoisotopic (exact) mass is 922 g/mol. The van der Waals surface area contributed by atoms with Crippen molar-refractivity contribution < 1.29 is 43.2 Å². The first-order valence-electron chi connectivity index (χ1n) is 23.3. The molecular weight excluding hydrogens is 873 g/mol. The molecule has 2 N–H and O–H groups in total. The molecule has 13 nitrogen and oxygen atoms in total. The first kappa shape index (κ1) is 43.9. The quantitative estimate of drug-likeness (QED) is 0.111. The number of nitrogens with one attached hydrogen (secondary N) is 1. The van der Waals surface area contributed by atoms with Crippen LogP contribution in [-0.2, 0) is 31.1 Å². The molecule has 3 fully saturated rings. The number of cyclic esters (lactones) is 1. The molecule has 0 saturated carbocycles. The normalized spacial score (nSPS) is 23.6. The van der Waals surface area contributed by atoms with E-state index >= 15 is 14.4 Å². The zero-order valence-corrected chi connectivity index (χ0v) is 38.0. The van der Waals surface area contributed by atoms with Crippen LogP contribution in [0.25, 0.3) is 0 Å². The molecule has 5 aliphatic heterocycles. The summed E-state index contributed by atoms with van der Waals surface area (Å²) in [5.74, 6) is 6.73. The lowest BCUT2D eigenvalue weighted by molar-refractivity contribution is -0.179. The second-order valence-electron chi connectivity index (χ2n) is 17.9. The lowest BCUT2D eigenvalue weighted by Crippen LogP contribution is -2.58. The van der Waals surface area contributed by atoms with E-state index < -0.39 is 47.4 Å². The first-order valence-corrected chi connectivity index (χ1v) is 23.3. The summed E-state index contributed by atoms with van der Waals surface area (Å²) in [7, 11) is 1.61. The van der Waals surface area contributed by atoms with Crippen LogP contribution in [-0.4, -0.2) is 96.9 Å². The smallest absolute Gasteiger partial charge is 0.324 e. The Morgan fingerprint density at radius 1 is 0.739 bits per heavy atom. The van der Waals surface area contributed by atoms with Gasteiger partial charge in [-0.25, -0.2) is 0 Å². The van der Waals surface area contributed by atoms with Crippen molar-refractivity contribution >= 4 is 23.5 Å². The lowest BCUT2D eigenvalue weighted by atomic mass is 9.65. The Morgan fingerprint density at radius 3 is 2.14 bits per heavy atom. The van der Waals surface area contributed by atoms with Crippen LogP contribution >= 0.6 is 0 Å². The van der Waals surface area contributed by atoms with Gasteiger partial charge in [-0.1, -0.05) is 90.7 Å². The van der Waals surface area contributed by atoms with Crippen molar-refractivity contribution in [3.8, 4) is 34.8 Å². The minimum atomic E-state index is -1.68. The highest BCUT2D eigenvalue weighted by Gasteiger charge is 2.74. The number of piperazine rings is 1. The third-order valence-corrected chi connectivity index (χ3v) is 14.1. The summed E-state index contributed by atoms with van der Waals surface area (Å²) in [6.45, 7) is 2.64. The highest BCUT2D eigenvalue weighted by Crippen LogP contribution is 2.65. The number of aliphatic hydroxyl groups is 1. The van der Waals surface area contributed by atoms with Gasteiger partial charge in [-0.3, -0.25) is 24.2 Å². The number of ether oxygens (including phenoxy) is 5. The fourth-order valence-corrected chi connectivity index (χ4v) is 11.0. The second-order valence-corrected chi connectivity index (χ2v) is 17.9. The summed E-state index contributed by atoms with van der Waals surface area (Å²) >= 11 is 0. The van der Waals surface area contributed by atoms with Gasteiger partial charge in [0.15, 0.2) is 11.5 Å². The standard InChI is InChI=1S/C56H50N4O9/c1-65-42-20-14-36(15-21-42)12-13-37-16-24-45-44(32-37)56(55(64)57-45)48(53(62)59-28-26-58(27-29-59)34-38-17-25-46-47(33-38)68-35-67-46)50-54(63)69-51(40-10-6-3-7-11-40)49(39-8-4-2-5-9-39)60(50)52(56)41-18-22-43(23-19-41)66-31-30-61/h2-11,14-25,32-33,48-52,61H,26-31,34-35H2,1H3,(H,57,64)/t48-,49-,50-,51+,52+,56-/m1/s1. The fourth-order valence-electron chi connectivity index (χ4n) is 11.0. The highest BCUT2D eigenvalue weighted by molar-refractivity contribution is 6.12. The van der Waals surface area contributed by atoms with Crippen molar-refractivity contribution in [2.45, 2.75) is 36.2 Å². The maximum absolute atomic E-state index is 16.1. The first-order chi connectivity index (χ1) is 33.8. The third-order valence-electron chi connectivity index (χ3n) is 14.1. The average molecular weight is 923 g/mol. The molecule has 0 radical (unpaired) electrons. The van der Waals surface area contributed by atoms with Gasteiger partial charge in [-0.2, -0.15) is 0 Å². The average Bonchev–Trinajstić information content (AvgIpc) is 4.08. The van der Waals surface area contributed by atoms with Gasteiger partial charge in [0.05, 0.1) is 31.7 Å². The summed E-state index contributed by atoms with van der Waals surface area (Å²) in [5, 5.41) is 12.8. The number of benzene rings is 6. The summed E-state index contributed by atoms with van der Waals surface area (Å²) in [6, 6.07) is 43.2. The van der Waals surface area contributed by atoms with Crippen LogP contribution in [0.4, 0.5) is 5.69 Å². The SMILES string of the molecule is COc1ccc(C#Cc2ccc3c(c2)[C@]2(C(=O)N3)[C@H](c3ccc(OCCO)cc3)N3[C@H](c4ccccc4)[C@H](c4ccccc4)OC(=O)[C@H]3[C@@H]2C(=O)N2CCN(Cc3ccc4c(c3)OCO4)CC2)cc1. The zero-order chi connectivity index (χ0) is 47.1.